The Morgan fingerprint density at radius 1 is 1.33 bits per heavy atom. The van der Waals surface area contributed by atoms with Gasteiger partial charge in [-0.3, -0.25) is 9.48 Å². The molecule has 6 nitrogen and oxygen atoms in total. The third-order valence-corrected chi connectivity index (χ3v) is 5.38. The average molecular weight is 341 g/mol. The molecule has 0 aromatic carbocycles. The lowest BCUT2D eigenvalue weighted by Crippen LogP contribution is -2.54. The van der Waals surface area contributed by atoms with Crippen LogP contribution in [0.4, 0.5) is 5.82 Å². The number of carbonyl (C=O) groups is 1. The fraction of sp³-hybridized carbons (Fsp3) is 0.353. The molecule has 1 aliphatic rings. The minimum absolute atomic E-state index is 0.0527. The second kappa shape index (κ2) is 5.90. The number of pyridine rings is 1. The quantitative estimate of drug-likeness (QED) is 0.718. The number of piperazine rings is 1. The zero-order valence-electron chi connectivity index (χ0n) is 13.7. The molecule has 1 aliphatic heterocycles. The molecule has 0 aliphatic carbocycles. The third kappa shape index (κ3) is 2.54. The average Bonchev–Trinajstić information content (AvgIpc) is 3.22. The molecule has 0 radical (unpaired) electrons. The maximum atomic E-state index is 12.7. The zero-order valence-corrected chi connectivity index (χ0v) is 14.5. The van der Waals surface area contributed by atoms with E-state index in [9.17, 15) is 4.79 Å². The Labute approximate surface area is 144 Å². The summed E-state index contributed by atoms with van der Waals surface area (Å²) in [5.41, 5.74) is 0.649. The third-order valence-electron chi connectivity index (χ3n) is 4.50. The molecule has 3 aromatic rings. The van der Waals surface area contributed by atoms with E-state index >= 15 is 0 Å². The number of hydrogen-bond donors (Lipinski definition) is 0. The maximum absolute atomic E-state index is 12.7. The summed E-state index contributed by atoms with van der Waals surface area (Å²) in [7, 11) is 1.82. The molecule has 0 spiro atoms. The maximum Gasteiger partial charge on any atom is 0.257 e. The number of rotatable bonds is 2. The number of fused-ring (bicyclic) bond motifs is 1. The number of thiophene rings is 1. The Kier molecular flexibility index (Phi) is 3.72. The van der Waals surface area contributed by atoms with Crippen molar-refractivity contribution < 1.29 is 4.79 Å². The zero-order chi connectivity index (χ0) is 16.7. The van der Waals surface area contributed by atoms with Crippen LogP contribution in [0.1, 0.15) is 17.3 Å². The molecule has 1 amide bonds. The summed E-state index contributed by atoms with van der Waals surface area (Å²) in [6, 6.07) is 4.30. The number of amides is 1. The normalized spacial score (nSPS) is 18.3. The van der Waals surface area contributed by atoms with E-state index in [2.05, 4.69) is 39.4 Å². The molecule has 7 heteroatoms. The summed E-state index contributed by atoms with van der Waals surface area (Å²) < 4.78 is 2.91. The van der Waals surface area contributed by atoms with Crippen molar-refractivity contribution in [2.24, 2.45) is 7.05 Å². The second-order valence-electron chi connectivity index (χ2n) is 6.16. The van der Waals surface area contributed by atoms with Crippen molar-refractivity contribution in [2.45, 2.75) is 13.0 Å². The van der Waals surface area contributed by atoms with Gasteiger partial charge in [0.05, 0.1) is 11.8 Å². The van der Waals surface area contributed by atoms with Crippen LogP contribution in [-0.2, 0) is 7.05 Å². The monoisotopic (exact) mass is 341 g/mol. The minimum Gasteiger partial charge on any atom is -0.352 e. The van der Waals surface area contributed by atoms with Gasteiger partial charge in [0.1, 0.15) is 5.82 Å². The van der Waals surface area contributed by atoms with Crippen LogP contribution in [0.25, 0.3) is 10.1 Å². The van der Waals surface area contributed by atoms with Crippen LogP contribution < -0.4 is 4.90 Å². The summed E-state index contributed by atoms with van der Waals surface area (Å²) in [5.74, 6) is 1.08. The molecular formula is C17H19N5OS. The molecule has 4 heterocycles. The van der Waals surface area contributed by atoms with E-state index in [1.165, 1.54) is 10.1 Å². The van der Waals surface area contributed by atoms with Gasteiger partial charge in [-0.1, -0.05) is 0 Å². The van der Waals surface area contributed by atoms with Gasteiger partial charge in [0.2, 0.25) is 0 Å². The lowest BCUT2D eigenvalue weighted by molar-refractivity contribution is 0.0674. The van der Waals surface area contributed by atoms with Gasteiger partial charge >= 0.3 is 0 Å². The van der Waals surface area contributed by atoms with E-state index < -0.39 is 0 Å². The SMILES string of the molecule is CC1CN(c2nccc3sccc23)CCN1C(=O)c1cnn(C)c1. The molecule has 1 saturated heterocycles. The van der Waals surface area contributed by atoms with Gasteiger partial charge in [0.25, 0.3) is 5.91 Å². The highest BCUT2D eigenvalue weighted by atomic mass is 32.1. The topological polar surface area (TPSA) is 54.3 Å². The van der Waals surface area contributed by atoms with Crippen molar-refractivity contribution in [1.29, 1.82) is 0 Å². The van der Waals surface area contributed by atoms with Crippen molar-refractivity contribution in [2.75, 3.05) is 24.5 Å². The van der Waals surface area contributed by atoms with Crippen molar-refractivity contribution >= 4 is 33.1 Å². The van der Waals surface area contributed by atoms with Gasteiger partial charge < -0.3 is 9.80 Å². The summed E-state index contributed by atoms with van der Waals surface area (Å²) >= 11 is 1.73. The predicted octanol–water partition coefficient (Wildman–Crippen LogP) is 2.38. The summed E-state index contributed by atoms with van der Waals surface area (Å²) in [4.78, 5) is 21.5. The van der Waals surface area contributed by atoms with Gasteiger partial charge in [-0.05, 0) is 24.4 Å². The highest BCUT2D eigenvalue weighted by Gasteiger charge is 2.29. The Balaban J connectivity index is 1.54. The van der Waals surface area contributed by atoms with E-state index in [-0.39, 0.29) is 11.9 Å². The summed E-state index contributed by atoms with van der Waals surface area (Å²) in [6.45, 7) is 4.36. The minimum atomic E-state index is 0.0527. The van der Waals surface area contributed by atoms with Gasteiger partial charge in [-0.2, -0.15) is 5.10 Å². The van der Waals surface area contributed by atoms with Crippen molar-refractivity contribution in [3.8, 4) is 0 Å². The first-order valence-corrected chi connectivity index (χ1v) is 8.88. The van der Waals surface area contributed by atoms with Crippen molar-refractivity contribution in [3.05, 3.63) is 41.7 Å². The Hall–Kier alpha value is -2.41. The highest BCUT2D eigenvalue weighted by molar-refractivity contribution is 7.17. The lowest BCUT2D eigenvalue weighted by atomic mass is 10.1. The van der Waals surface area contributed by atoms with Crippen LogP contribution in [0, 0.1) is 0 Å². The molecule has 4 rings (SSSR count). The van der Waals surface area contributed by atoms with Gasteiger partial charge in [-0.15, -0.1) is 11.3 Å². The predicted molar refractivity (Wildman–Crippen MR) is 95.5 cm³/mol. The van der Waals surface area contributed by atoms with E-state index in [0.717, 1.165) is 18.9 Å². The van der Waals surface area contributed by atoms with Crippen LogP contribution in [0.5, 0.6) is 0 Å². The van der Waals surface area contributed by atoms with E-state index in [1.807, 2.05) is 18.1 Å². The van der Waals surface area contributed by atoms with E-state index in [0.29, 0.717) is 12.1 Å². The number of hydrogen-bond acceptors (Lipinski definition) is 5. The van der Waals surface area contributed by atoms with Crippen molar-refractivity contribution in [1.82, 2.24) is 19.7 Å². The second-order valence-corrected chi connectivity index (χ2v) is 7.11. The number of anilines is 1. The summed E-state index contributed by atoms with van der Waals surface area (Å²) in [5, 5.41) is 7.39. The molecule has 0 saturated carbocycles. The fourth-order valence-corrected chi connectivity index (χ4v) is 4.06. The van der Waals surface area contributed by atoms with Gasteiger partial charge in [0, 0.05) is 55.2 Å². The molecule has 124 valence electrons. The van der Waals surface area contributed by atoms with Crippen LogP contribution in [-0.4, -0.2) is 51.2 Å². The van der Waals surface area contributed by atoms with Crippen LogP contribution in [0.2, 0.25) is 0 Å². The first kappa shape index (κ1) is 15.1. The molecule has 1 fully saturated rings. The Morgan fingerprint density at radius 3 is 2.96 bits per heavy atom. The van der Waals surface area contributed by atoms with Crippen molar-refractivity contribution in [3.63, 3.8) is 0 Å². The molecule has 0 bridgehead atoms. The molecule has 24 heavy (non-hydrogen) atoms. The number of nitrogens with zero attached hydrogens (tertiary/aromatic N) is 5. The van der Waals surface area contributed by atoms with Crippen LogP contribution in [0.15, 0.2) is 36.1 Å². The molecule has 1 unspecified atom stereocenters. The molecular weight excluding hydrogens is 322 g/mol. The smallest absolute Gasteiger partial charge is 0.257 e. The largest absolute Gasteiger partial charge is 0.352 e. The Morgan fingerprint density at radius 2 is 2.21 bits per heavy atom. The van der Waals surface area contributed by atoms with Crippen LogP contribution >= 0.6 is 11.3 Å². The number of carbonyl (C=O) groups excluding carboxylic acids is 1. The fourth-order valence-electron chi connectivity index (χ4n) is 3.28. The van der Waals surface area contributed by atoms with Gasteiger partial charge in [0.15, 0.2) is 0 Å². The molecule has 0 N–H and O–H groups in total. The Bertz CT molecular complexity index is 886. The number of aromatic nitrogens is 3. The first-order chi connectivity index (χ1) is 11.6. The summed E-state index contributed by atoms with van der Waals surface area (Å²) in [6.07, 6.45) is 5.27. The van der Waals surface area contributed by atoms with E-state index in [1.54, 1.807) is 28.4 Å². The van der Waals surface area contributed by atoms with Gasteiger partial charge in [-0.25, -0.2) is 4.98 Å². The van der Waals surface area contributed by atoms with Crippen LogP contribution in [0.3, 0.4) is 0 Å². The van der Waals surface area contributed by atoms with E-state index in [4.69, 9.17) is 0 Å². The number of aryl methyl sites for hydroxylation is 1. The first-order valence-electron chi connectivity index (χ1n) is 8.00. The molecule has 1 atom stereocenters. The molecule has 3 aromatic heterocycles. The standard InChI is InChI=1S/C17H19N5OS/c1-12-10-21(16-14-4-8-24-15(14)3-5-18-16)6-7-22(12)17(23)13-9-19-20(2)11-13/h3-5,8-9,11-12H,6-7,10H2,1-2H3. The lowest BCUT2D eigenvalue weighted by Gasteiger charge is -2.40. The highest BCUT2D eigenvalue weighted by Crippen LogP contribution is 2.29.